The lowest BCUT2D eigenvalue weighted by atomic mass is 10.1. The van der Waals surface area contributed by atoms with E-state index in [4.69, 9.17) is 10.5 Å². The molecule has 0 saturated carbocycles. The van der Waals surface area contributed by atoms with Gasteiger partial charge >= 0.3 is 12.2 Å². The Morgan fingerprint density at radius 2 is 1.69 bits per heavy atom. The van der Waals surface area contributed by atoms with E-state index in [-0.39, 0.29) is 29.4 Å². The van der Waals surface area contributed by atoms with Crippen molar-refractivity contribution in [3.8, 4) is 6.01 Å². The molecule has 32 heavy (non-hydrogen) atoms. The van der Waals surface area contributed by atoms with Crippen molar-refractivity contribution in [1.29, 1.82) is 0 Å². The number of rotatable bonds is 8. The first-order valence-electron chi connectivity index (χ1n) is 11.0. The van der Waals surface area contributed by atoms with Crippen LogP contribution in [0.5, 0.6) is 6.01 Å². The van der Waals surface area contributed by atoms with Gasteiger partial charge in [-0.3, -0.25) is 4.90 Å². The van der Waals surface area contributed by atoms with Gasteiger partial charge in [0.15, 0.2) is 0 Å². The first kappa shape index (κ1) is 22.4. The fourth-order valence-corrected chi connectivity index (χ4v) is 4.03. The zero-order valence-corrected chi connectivity index (χ0v) is 18.2. The fourth-order valence-electron chi connectivity index (χ4n) is 4.03. The van der Waals surface area contributed by atoms with E-state index in [9.17, 15) is 13.2 Å². The molecule has 1 aliphatic rings. The van der Waals surface area contributed by atoms with Gasteiger partial charge in [-0.2, -0.15) is 23.1 Å². The summed E-state index contributed by atoms with van der Waals surface area (Å²) >= 11 is 0. The number of alkyl halides is 3. The second-order valence-corrected chi connectivity index (χ2v) is 8.24. The number of hydrogen-bond donors (Lipinski definition) is 1. The molecule has 2 aromatic heterocycles. The van der Waals surface area contributed by atoms with E-state index in [1.807, 2.05) is 31.2 Å². The molecule has 6 nitrogen and oxygen atoms in total. The summed E-state index contributed by atoms with van der Waals surface area (Å²) in [4.78, 5) is 10.7. The van der Waals surface area contributed by atoms with Gasteiger partial charge in [0.2, 0.25) is 0 Å². The van der Waals surface area contributed by atoms with Crippen molar-refractivity contribution in [2.75, 3.05) is 25.4 Å². The molecule has 0 radical (unpaired) electrons. The Balaban J connectivity index is 1.64. The minimum absolute atomic E-state index is 0.00233. The van der Waals surface area contributed by atoms with Gasteiger partial charge in [-0.05, 0) is 49.5 Å². The summed E-state index contributed by atoms with van der Waals surface area (Å²) < 4.78 is 48.1. The van der Waals surface area contributed by atoms with Crippen molar-refractivity contribution >= 4 is 16.9 Å². The molecule has 0 aliphatic carbocycles. The number of nitrogen functional groups attached to an aromatic ring is 1. The van der Waals surface area contributed by atoms with Crippen molar-refractivity contribution in [3.63, 3.8) is 0 Å². The molecule has 1 aliphatic heterocycles. The zero-order valence-electron chi connectivity index (χ0n) is 18.2. The maximum Gasteiger partial charge on any atom is 0.431 e. The summed E-state index contributed by atoms with van der Waals surface area (Å²) in [5.74, 6) is -0.0216. The van der Waals surface area contributed by atoms with Gasteiger partial charge in [0, 0.05) is 13.1 Å². The first-order chi connectivity index (χ1) is 15.3. The predicted molar refractivity (Wildman–Crippen MR) is 117 cm³/mol. The molecular weight excluding hydrogens is 419 g/mol. The highest BCUT2D eigenvalue weighted by Gasteiger charge is 2.36. The van der Waals surface area contributed by atoms with Gasteiger partial charge in [0.25, 0.3) is 0 Å². The van der Waals surface area contributed by atoms with Crippen LogP contribution in [0.15, 0.2) is 30.3 Å². The first-order valence-corrected chi connectivity index (χ1v) is 11.0. The lowest BCUT2D eigenvalue weighted by Crippen LogP contribution is -2.18. The molecule has 3 aromatic rings. The van der Waals surface area contributed by atoms with Crippen LogP contribution < -0.4 is 10.5 Å². The summed E-state index contributed by atoms with van der Waals surface area (Å²) in [6.45, 7) is 5.47. The van der Waals surface area contributed by atoms with Gasteiger partial charge in [0.05, 0.1) is 12.0 Å². The number of hydrogen-bond acceptors (Lipinski definition) is 5. The number of benzene rings is 1. The summed E-state index contributed by atoms with van der Waals surface area (Å²) in [6, 6.07) is 8.73. The number of ether oxygens (including phenoxy) is 1. The topological polar surface area (TPSA) is 69.2 Å². The number of fused-ring (bicyclic) bond motifs is 1. The van der Waals surface area contributed by atoms with Gasteiger partial charge < -0.3 is 15.0 Å². The largest absolute Gasteiger partial charge is 0.463 e. The molecule has 4 rings (SSSR count). The fraction of sp³-hybridized carbons (Fsp3) is 0.478. The van der Waals surface area contributed by atoms with Crippen LogP contribution in [0.3, 0.4) is 0 Å². The van der Waals surface area contributed by atoms with Crippen molar-refractivity contribution in [2.45, 2.75) is 51.9 Å². The standard InChI is InChI=1S/C23H28F3N5O/c1-2-3-12-32-22-28-20(27)18-13-19(23(24,25)26)31(21(18)29-22)15-17-8-6-16(7-9-17)14-30-10-4-5-11-30/h6-9,13H,2-5,10-12,14-15H2,1H3,(H2,27,28,29). The van der Waals surface area contributed by atoms with E-state index >= 15 is 0 Å². The molecule has 9 heteroatoms. The second kappa shape index (κ2) is 9.36. The minimum Gasteiger partial charge on any atom is -0.463 e. The molecule has 0 spiro atoms. The normalized spacial score (nSPS) is 15.0. The smallest absolute Gasteiger partial charge is 0.431 e. The SMILES string of the molecule is CCCCOc1nc(N)c2cc(C(F)(F)F)n(Cc3ccc(CN4CCCC4)cc3)c2n1. The van der Waals surface area contributed by atoms with Gasteiger partial charge in [0.1, 0.15) is 17.2 Å². The van der Waals surface area contributed by atoms with E-state index in [2.05, 4.69) is 14.9 Å². The van der Waals surface area contributed by atoms with Crippen LogP contribution in [0.1, 0.15) is 49.4 Å². The highest BCUT2D eigenvalue weighted by molar-refractivity contribution is 5.88. The number of nitrogens with two attached hydrogens (primary N) is 1. The summed E-state index contributed by atoms with van der Waals surface area (Å²) in [6.07, 6.45) is -0.408. The molecular formula is C23H28F3N5O. The average Bonchev–Trinajstić information content (AvgIpc) is 3.38. The maximum absolute atomic E-state index is 13.8. The Morgan fingerprint density at radius 1 is 1.03 bits per heavy atom. The molecule has 3 heterocycles. The molecule has 1 fully saturated rings. The maximum atomic E-state index is 13.8. The van der Waals surface area contributed by atoms with Crippen LogP contribution in [0.25, 0.3) is 11.0 Å². The van der Waals surface area contributed by atoms with Crippen LogP contribution in [0, 0.1) is 0 Å². The average molecular weight is 448 g/mol. The lowest BCUT2D eigenvalue weighted by Gasteiger charge is -2.16. The number of halogens is 3. The molecule has 1 saturated heterocycles. The highest BCUT2D eigenvalue weighted by atomic mass is 19.4. The second-order valence-electron chi connectivity index (χ2n) is 8.24. The molecule has 0 amide bonds. The number of anilines is 1. The number of likely N-dealkylation sites (tertiary alicyclic amines) is 1. The number of nitrogens with zero attached hydrogens (tertiary/aromatic N) is 4. The summed E-state index contributed by atoms with van der Waals surface area (Å²) in [5, 5.41) is 0.172. The van der Waals surface area contributed by atoms with Crippen molar-refractivity contribution in [3.05, 3.63) is 47.2 Å². The minimum atomic E-state index is -4.55. The lowest BCUT2D eigenvalue weighted by molar-refractivity contribution is -0.143. The molecule has 0 atom stereocenters. The number of aromatic nitrogens is 3. The van der Waals surface area contributed by atoms with E-state index in [0.717, 1.165) is 54.2 Å². The van der Waals surface area contributed by atoms with E-state index in [1.54, 1.807) is 0 Å². The predicted octanol–water partition coefficient (Wildman–Crippen LogP) is 4.86. The third-order valence-corrected chi connectivity index (χ3v) is 5.75. The van der Waals surface area contributed by atoms with Crippen molar-refractivity contribution in [1.82, 2.24) is 19.4 Å². The molecule has 172 valence electrons. The molecule has 0 bridgehead atoms. The van der Waals surface area contributed by atoms with E-state index < -0.39 is 11.9 Å². The van der Waals surface area contributed by atoms with Crippen LogP contribution in [-0.2, 0) is 19.3 Å². The summed E-state index contributed by atoms with van der Waals surface area (Å²) in [7, 11) is 0. The third kappa shape index (κ3) is 4.98. The van der Waals surface area contributed by atoms with E-state index in [0.29, 0.717) is 6.61 Å². The molecule has 2 N–H and O–H groups in total. The van der Waals surface area contributed by atoms with Gasteiger partial charge in [-0.25, -0.2) is 0 Å². The molecule has 0 unspecified atom stereocenters. The van der Waals surface area contributed by atoms with Crippen molar-refractivity contribution in [2.24, 2.45) is 0 Å². The Hall–Kier alpha value is -2.81. The monoisotopic (exact) mass is 447 g/mol. The Labute approximate surface area is 185 Å². The molecule has 1 aromatic carbocycles. The Bertz CT molecular complexity index is 1060. The van der Waals surface area contributed by atoms with Gasteiger partial charge in [-0.1, -0.05) is 37.6 Å². The van der Waals surface area contributed by atoms with Crippen LogP contribution in [-0.4, -0.2) is 39.1 Å². The van der Waals surface area contributed by atoms with E-state index in [1.165, 1.54) is 12.8 Å². The number of unbranched alkanes of at least 4 members (excludes halogenated alkanes) is 1. The van der Waals surface area contributed by atoms with Crippen LogP contribution in [0.2, 0.25) is 0 Å². The Kier molecular flexibility index (Phi) is 6.55. The van der Waals surface area contributed by atoms with Crippen LogP contribution >= 0.6 is 0 Å². The third-order valence-electron chi connectivity index (χ3n) is 5.75. The zero-order chi connectivity index (χ0) is 22.7. The quantitative estimate of drug-likeness (QED) is 0.500. The Morgan fingerprint density at radius 3 is 2.31 bits per heavy atom. The summed E-state index contributed by atoms with van der Waals surface area (Å²) in [5.41, 5.74) is 7.19. The van der Waals surface area contributed by atoms with Gasteiger partial charge in [-0.15, -0.1) is 0 Å². The highest BCUT2D eigenvalue weighted by Crippen LogP contribution is 2.36. The van der Waals surface area contributed by atoms with Crippen LogP contribution in [0.4, 0.5) is 19.0 Å². The van der Waals surface area contributed by atoms with Crippen molar-refractivity contribution < 1.29 is 17.9 Å².